The molecule has 1 fully saturated rings. The number of thiazole rings is 1. The molecule has 8 heteroatoms. The Kier molecular flexibility index (Phi) is 6.08. The first-order chi connectivity index (χ1) is 16.2. The maximum atomic E-state index is 13.1. The molecule has 1 N–H and O–H groups in total. The van der Waals surface area contributed by atoms with Gasteiger partial charge in [0.15, 0.2) is 0 Å². The highest BCUT2D eigenvalue weighted by molar-refractivity contribution is 7.13. The molecule has 4 aromatic rings. The lowest BCUT2D eigenvalue weighted by Crippen LogP contribution is -2.54. The van der Waals surface area contributed by atoms with Crippen LogP contribution in [0.25, 0.3) is 21.8 Å². The van der Waals surface area contributed by atoms with Crippen molar-refractivity contribution in [2.24, 2.45) is 5.92 Å². The van der Waals surface area contributed by atoms with Crippen LogP contribution in [0.5, 0.6) is 0 Å². The lowest BCUT2D eigenvalue weighted by molar-refractivity contribution is -0.125. The molecular weight excluding hydrogens is 437 g/mol. The van der Waals surface area contributed by atoms with Crippen LogP contribution in [0.1, 0.15) is 5.69 Å². The number of hydrogen-bond acceptors (Lipinski definition) is 6. The Bertz CT molecular complexity index is 1240. The topological polar surface area (TPSA) is 71.0 Å². The highest BCUT2D eigenvalue weighted by Gasteiger charge is 2.33. The number of benzene rings is 2. The third-order valence-corrected chi connectivity index (χ3v) is 6.56. The third-order valence-electron chi connectivity index (χ3n) is 5.62. The normalized spacial score (nSPS) is 13.5. The van der Waals surface area contributed by atoms with Gasteiger partial charge in [-0.05, 0) is 24.3 Å². The van der Waals surface area contributed by atoms with Gasteiger partial charge in [-0.3, -0.25) is 4.79 Å². The van der Waals surface area contributed by atoms with Crippen LogP contribution in [0.2, 0.25) is 0 Å². The van der Waals surface area contributed by atoms with Crippen molar-refractivity contribution in [1.29, 1.82) is 0 Å². The maximum Gasteiger partial charge on any atom is 0.226 e. The second-order valence-electron chi connectivity index (χ2n) is 7.92. The Morgan fingerprint density at radius 3 is 2.64 bits per heavy atom. The molecule has 33 heavy (non-hydrogen) atoms. The molecule has 1 saturated heterocycles. The van der Waals surface area contributed by atoms with Crippen molar-refractivity contribution in [3.05, 3.63) is 83.9 Å². The fourth-order valence-corrected chi connectivity index (χ4v) is 4.58. The zero-order valence-electron chi connectivity index (χ0n) is 17.8. The highest BCUT2D eigenvalue weighted by Crippen LogP contribution is 2.26. The number of nitrogens with one attached hydrogen (secondary N) is 1. The lowest BCUT2D eigenvalue weighted by atomic mass is 9.99. The van der Waals surface area contributed by atoms with E-state index in [-0.39, 0.29) is 17.6 Å². The van der Waals surface area contributed by atoms with Crippen molar-refractivity contribution in [1.82, 2.24) is 20.3 Å². The SMILES string of the molecule is O=C(NCCc1csc(-c2ccc(F)cc2)n1)C1CN(c2cc(-c3ccccc3)ncn2)C1. The fourth-order valence-electron chi connectivity index (χ4n) is 3.72. The molecule has 166 valence electrons. The van der Waals surface area contributed by atoms with Gasteiger partial charge in [0.25, 0.3) is 0 Å². The minimum absolute atomic E-state index is 0.0506. The largest absolute Gasteiger partial charge is 0.355 e. The number of amides is 1. The monoisotopic (exact) mass is 459 g/mol. The number of anilines is 1. The summed E-state index contributed by atoms with van der Waals surface area (Å²) < 4.78 is 13.1. The van der Waals surface area contributed by atoms with Gasteiger partial charge in [-0.2, -0.15) is 0 Å². The van der Waals surface area contributed by atoms with E-state index in [2.05, 4.69) is 25.2 Å². The predicted octanol–water partition coefficient (Wildman–Crippen LogP) is 4.20. The van der Waals surface area contributed by atoms with Crippen molar-refractivity contribution < 1.29 is 9.18 Å². The molecule has 0 bridgehead atoms. The average molecular weight is 460 g/mol. The van der Waals surface area contributed by atoms with E-state index in [1.807, 2.05) is 41.8 Å². The lowest BCUT2D eigenvalue weighted by Gasteiger charge is -2.39. The molecule has 0 saturated carbocycles. The molecule has 3 heterocycles. The molecule has 0 aliphatic carbocycles. The first-order valence-electron chi connectivity index (χ1n) is 10.8. The smallest absolute Gasteiger partial charge is 0.226 e. The van der Waals surface area contributed by atoms with Crippen LogP contribution in [-0.2, 0) is 11.2 Å². The van der Waals surface area contributed by atoms with Gasteiger partial charge in [0.2, 0.25) is 5.91 Å². The van der Waals surface area contributed by atoms with Crippen LogP contribution in [0.4, 0.5) is 10.2 Å². The summed E-state index contributed by atoms with van der Waals surface area (Å²) in [5.41, 5.74) is 3.73. The first kappa shape index (κ1) is 21.2. The van der Waals surface area contributed by atoms with E-state index >= 15 is 0 Å². The summed E-state index contributed by atoms with van der Waals surface area (Å²) in [5, 5.41) is 5.85. The molecule has 0 atom stereocenters. The van der Waals surface area contributed by atoms with Gasteiger partial charge >= 0.3 is 0 Å². The van der Waals surface area contributed by atoms with Gasteiger partial charge < -0.3 is 10.2 Å². The first-order valence-corrected chi connectivity index (χ1v) is 11.6. The van der Waals surface area contributed by atoms with Crippen LogP contribution in [0, 0.1) is 11.7 Å². The van der Waals surface area contributed by atoms with Gasteiger partial charge in [0.05, 0.1) is 17.3 Å². The molecule has 1 aliphatic rings. The molecular formula is C25H22FN5OS. The summed E-state index contributed by atoms with van der Waals surface area (Å²) in [4.78, 5) is 27.9. The summed E-state index contributed by atoms with van der Waals surface area (Å²) in [7, 11) is 0. The number of hydrogen-bond donors (Lipinski definition) is 1. The fraction of sp³-hybridized carbons (Fsp3) is 0.200. The summed E-state index contributed by atoms with van der Waals surface area (Å²) in [6, 6.07) is 18.3. The van der Waals surface area contributed by atoms with Gasteiger partial charge in [0, 0.05) is 48.6 Å². The second kappa shape index (κ2) is 9.46. The van der Waals surface area contributed by atoms with E-state index in [1.165, 1.54) is 23.5 Å². The molecule has 1 aliphatic heterocycles. The molecule has 2 aromatic carbocycles. The van der Waals surface area contributed by atoms with Crippen LogP contribution in [-0.4, -0.2) is 40.5 Å². The number of aromatic nitrogens is 3. The second-order valence-corrected chi connectivity index (χ2v) is 8.78. The Morgan fingerprint density at radius 1 is 1.06 bits per heavy atom. The van der Waals surface area contributed by atoms with Crippen LogP contribution in [0.3, 0.4) is 0 Å². The minimum Gasteiger partial charge on any atom is -0.355 e. The third kappa shape index (κ3) is 4.90. The molecule has 0 unspecified atom stereocenters. The molecule has 2 aromatic heterocycles. The Labute approximate surface area is 195 Å². The van der Waals surface area contributed by atoms with Gasteiger partial charge in [0.1, 0.15) is 23.0 Å². The van der Waals surface area contributed by atoms with Crippen molar-refractivity contribution >= 4 is 23.1 Å². The molecule has 5 rings (SSSR count). The number of carbonyl (C=O) groups excluding carboxylic acids is 1. The zero-order chi connectivity index (χ0) is 22.6. The highest BCUT2D eigenvalue weighted by atomic mass is 32.1. The van der Waals surface area contributed by atoms with Crippen molar-refractivity contribution in [2.75, 3.05) is 24.5 Å². The molecule has 1 amide bonds. The number of rotatable bonds is 7. The van der Waals surface area contributed by atoms with E-state index in [0.717, 1.165) is 33.3 Å². The molecule has 6 nitrogen and oxygen atoms in total. The van der Waals surface area contributed by atoms with Crippen molar-refractivity contribution in [3.63, 3.8) is 0 Å². The Balaban J connectivity index is 1.10. The van der Waals surface area contributed by atoms with E-state index in [9.17, 15) is 9.18 Å². The van der Waals surface area contributed by atoms with E-state index in [0.29, 0.717) is 26.1 Å². The standard InChI is InChI=1S/C25H22FN5OS/c26-20-8-6-18(7-9-20)25-30-21(15-33-25)10-11-27-24(32)19-13-31(14-19)23-12-22(28-16-29-23)17-4-2-1-3-5-17/h1-9,12,15-16,19H,10-11,13-14H2,(H,27,32). The summed E-state index contributed by atoms with van der Waals surface area (Å²) in [5.74, 6) is 0.579. The van der Waals surface area contributed by atoms with Gasteiger partial charge in [-0.15, -0.1) is 11.3 Å². The van der Waals surface area contributed by atoms with E-state index in [1.54, 1.807) is 18.5 Å². The molecule has 0 spiro atoms. The average Bonchev–Trinajstić information content (AvgIpc) is 3.28. The maximum absolute atomic E-state index is 13.1. The number of carbonyl (C=O) groups is 1. The van der Waals surface area contributed by atoms with E-state index < -0.39 is 0 Å². The number of halogens is 1. The van der Waals surface area contributed by atoms with Crippen LogP contribution >= 0.6 is 11.3 Å². The van der Waals surface area contributed by atoms with E-state index in [4.69, 9.17) is 0 Å². The summed E-state index contributed by atoms with van der Waals surface area (Å²) in [6.45, 7) is 1.82. The summed E-state index contributed by atoms with van der Waals surface area (Å²) in [6.07, 6.45) is 2.23. The summed E-state index contributed by atoms with van der Waals surface area (Å²) >= 11 is 1.52. The molecule has 0 radical (unpaired) electrons. The van der Waals surface area contributed by atoms with Gasteiger partial charge in [-0.25, -0.2) is 19.3 Å². The van der Waals surface area contributed by atoms with Gasteiger partial charge in [-0.1, -0.05) is 30.3 Å². The van der Waals surface area contributed by atoms with Crippen LogP contribution in [0.15, 0.2) is 72.4 Å². The zero-order valence-corrected chi connectivity index (χ0v) is 18.6. The number of nitrogens with zero attached hydrogens (tertiary/aromatic N) is 4. The van der Waals surface area contributed by atoms with Crippen LogP contribution < -0.4 is 10.2 Å². The quantitative estimate of drug-likeness (QED) is 0.449. The van der Waals surface area contributed by atoms with Crippen molar-refractivity contribution in [3.8, 4) is 21.8 Å². The minimum atomic E-state index is -0.260. The van der Waals surface area contributed by atoms with Crippen molar-refractivity contribution in [2.45, 2.75) is 6.42 Å². The Hall–Kier alpha value is -3.65. The predicted molar refractivity (Wildman–Crippen MR) is 127 cm³/mol. The Morgan fingerprint density at radius 2 is 1.85 bits per heavy atom.